The predicted octanol–water partition coefficient (Wildman–Crippen LogP) is 4.77. The topological polar surface area (TPSA) is 59.1 Å². The number of benzene rings is 2. The van der Waals surface area contributed by atoms with Gasteiger partial charge in [0.2, 0.25) is 10.0 Å². The maximum Gasteiger partial charge on any atom is 0.243 e. The highest BCUT2D eigenvalue weighted by atomic mass is 35.5. The zero-order valence-corrected chi connectivity index (χ0v) is 22.3. The second-order valence-corrected chi connectivity index (χ2v) is 11.0. The molecule has 2 aromatic rings. The number of ether oxygens (including phenoxy) is 2. The number of nitrogens with zero attached hydrogens (tertiary/aromatic N) is 2. The van der Waals surface area contributed by atoms with Crippen molar-refractivity contribution in [3.8, 4) is 11.5 Å². The van der Waals surface area contributed by atoms with E-state index >= 15 is 0 Å². The molecule has 2 aliphatic rings. The summed E-state index contributed by atoms with van der Waals surface area (Å²) in [4.78, 5) is 2.96. The lowest BCUT2D eigenvalue weighted by Crippen LogP contribution is -2.36. The van der Waals surface area contributed by atoms with Gasteiger partial charge in [0.15, 0.2) is 11.5 Å². The molecule has 1 atom stereocenters. The molecule has 0 amide bonds. The molecular formula is C26H37ClN2O4S. The van der Waals surface area contributed by atoms with Crippen molar-refractivity contribution in [3.63, 3.8) is 0 Å². The molecule has 0 saturated carbocycles. The number of methoxy groups -OCH3 is 2. The molecule has 1 aliphatic heterocycles. The minimum absolute atomic E-state index is 0. The summed E-state index contributed by atoms with van der Waals surface area (Å²) in [6, 6.07) is 9.72. The third-order valence-electron chi connectivity index (χ3n) is 7.12. The third-order valence-corrected chi connectivity index (χ3v) is 9.11. The molecule has 0 saturated heterocycles. The van der Waals surface area contributed by atoms with Gasteiger partial charge in [-0.2, -0.15) is 4.31 Å². The second-order valence-electron chi connectivity index (χ2n) is 9.02. The van der Waals surface area contributed by atoms with Gasteiger partial charge in [-0.3, -0.25) is 4.90 Å². The van der Waals surface area contributed by atoms with E-state index in [4.69, 9.17) is 9.47 Å². The van der Waals surface area contributed by atoms with Crippen LogP contribution in [0.3, 0.4) is 0 Å². The molecular weight excluding hydrogens is 472 g/mol. The largest absolute Gasteiger partial charge is 0.493 e. The summed E-state index contributed by atoms with van der Waals surface area (Å²) in [7, 11) is -0.0141. The van der Waals surface area contributed by atoms with Gasteiger partial charge in [-0.25, -0.2) is 8.42 Å². The van der Waals surface area contributed by atoms with E-state index in [1.165, 1.54) is 16.7 Å². The molecule has 188 valence electrons. The standard InChI is InChI=1S/C26H36N2O4S.ClH/c1-5-28(33(29,30)21-10-8-19(2)9-11-21)16-7-6-15-27-17-14-20-18-24(31-3)26(32-4)22-12-13-23(27)25(20)22;/h8-11,18,23H,5-7,12-17H2,1-4H3;1H. The van der Waals surface area contributed by atoms with Crippen LogP contribution in [0.4, 0.5) is 0 Å². The van der Waals surface area contributed by atoms with E-state index in [-0.39, 0.29) is 12.4 Å². The van der Waals surface area contributed by atoms with Crippen LogP contribution in [0.25, 0.3) is 0 Å². The molecule has 8 heteroatoms. The van der Waals surface area contributed by atoms with Crippen molar-refractivity contribution in [1.29, 1.82) is 0 Å². The van der Waals surface area contributed by atoms with Crippen LogP contribution in [0.5, 0.6) is 11.5 Å². The molecule has 4 rings (SSSR count). The molecule has 6 nitrogen and oxygen atoms in total. The summed E-state index contributed by atoms with van der Waals surface area (Å²) in [6.45, 7) is 6.94. The van der Waals surface area contributed by atoms with E-state index in [9.17, 15) is 8.42 Å². The van der Waals surface area contributed by atoms with Crippen molar-refractivity contribution in [2.45, 2.75) is 56.9 Å². The molecule has 0 radical (unpaired) electrons. The molecule has 0 bridgehead atoms. The lowest BCUT2D eigenvalue weighted by atomic mass is 9.92. The van der Waals surface area contributed by atoms with Crippen LogP contribution < -0.4 is 9.47 Å². The number of hydrogen-bond donors (Lipinski definition) is 0. The van der Waals surface area contributed by atoms with E-state index < -0.39 is 10.0 Å². The first-order chi connectivity index (χ1) is 15.9. The Kier molecular flexibility index (Phi) is 8.90. The average Bonchev–Trinajstić information content (AvgIpc) is 3.26. The van der Waals surface area contributed by atoms with E-state index in [2.05, 4.69) is 11.0 Å². The van der Waals surface area contributed by atoms with Gasteiger partial charge < -0.3 is 9.47 Å². The van der Waals surface area contributed by atoms with Gasteiger partial charge >= 0.3 is 0 Å². The van der Waals surface area contributed by atoms with Crippen LogP contribution in [-0.2, 0) is 22.9 Å². The number of halogens is 1. The van der Waals surface area contributed by atoms with E-state index in [0.29, 0.717) is 24.0 Å². The first-order valence-electron chi connectivity index (χ1n) is 12.0. The number of aryl methyl sites for hydroxylation is 1. The molecule has 2 aromatic carbocycles. The maximum atomic E-state index is 13.0. The number of hydrogen-bond acceptors (Lipinski definition) is 5. The lowest BCUT2D eigenvalue weighted by Gasteiger charge is -2.35. The quantitative estimate of drug-likeness (QED) is 0.433. The van der Waals surface area contributed by atoms with Crippen LogP contribution in [0.2, 0.25) is 0 Å². The normalized spacial score (nSPS) is 17.4. The van der Waals surface area contributed by atoms with Crippen molar-refractivity contribution >= 4 is 22.4 Å². The number of unbranched alkanes of at least 4 members (excludes halogenated alkanes) is 1. The summed E-state index contributed by atoms with van der Waals surface area (Å²) < 4.78 is 38.9. The van der Waals surface area contributed by atoms with Crippen LogP contribution in [-0.4, -0.2) is 58.0 Å². The Balaban J connectivity index is 0.00000324. The Labute approximate surface area is 210 Å². The smallest absolute Gasteiger partial charge is 0.243 e. The van der Waals surface area contributed by atoms with Crippen LogP contribution in [0.15, 0.2) is 35.2 Å². The van der Waals surface area contributed by atoms with E-state index in [1.807, 2.05) is 26.0 Å². The van der Waals surface area contributed by atoms with Crippen molar-refractivity contribution in [2.24, 2.45) is 0 Å². The average molecular weight is 509 g/mol. The molecule has 0 N–H and O–H groups in total. The molecule has 0 fully saturated rings. The monoisotopic (exact) mass is 508 g/mol. The summed E-state index contributed by atoms with van der Waals surface area (Å²) in [5, 5.41) is 0. The van der Waals surface area contributed by atoms with E-state index in [1.54, 1.807) is 30.7 Å². The Morgan fingerprint density at radius 2 is 1.82 bits per heavy atom. The first kappa shape index (κ1) is 26.8. The number of sulfonamides is 1. The molecule has 1 unspecified atom stereocenters. The highest BCUT2D eigenvalue weighted by Crippen LogP contribution is 2.48. The predicted molar refractivity (Wildman–Crippen MR) is 138 cm³/mol. The first-order valence-corrected chi connectivity index (χ1v) is 13.4. The summed E-state index contributed by atoms with van der Waals surface area (Å²) in [6.07, 6.45) is 4.97. The van der Waals surface area contributed by atoms with Gasteiger partial charge in [0, 0.05) is 31.2 Å². The molecule has 0 aromatic heterocycles. The van der Waals surface area contributed by atoms with Crippen LogP contribution in [0, 0.1) is 6.92 Å². The fourth-order valence-electron chi connectivity index (χ4n) is 5.40. The Hall–Kier alpha value is -1.80. The minimum Gasteiger partial charge on any atom is -0.493 e. The minimum atomic E-state index is -3.44. The summed E-state index contributed by atoms with van der Waals surface area (Å²) >= 11 is 0. The van der Waals surface area contributed by atoms with Crippen molar-refractivity contribution in [3.05, 3.63) is 52.6 Å². The van der Waals surface area contributed by atoms with Crippen molar-refractivity contribution in [1.82, 2.24) is 9.21 Å². The fraction of sp³-hybridized carbons (Fsp3) is 0.538. The highest BCUT2D eigenvalue weighted by Gasteiger charge is 2.36. The number of rotatable bonds is 10. The SMILES string of the molecule is CCN(CCCCN1CCc2cc(OC)c(OC)c3c2C1CC3)S(=O)(=O)c1ccc(C)cc1.Cl. The van der Waals surface area contributed by atoms with Crippen molar-refractivity contribution in [2.75, 3.05) is 40.4 Å². The Bertz CT molecular complexity index is 1090. The van der Waals surface area contributed by atoms with Crippen molar-refractivity contribution < 1.29 is 17.9 Å². The molecule has 34 heavy (non-hydrogen) atoms. The van der Waals surface area contributed by atoms with Crippen LogP contribution in [0.1, 0.15) is 54.5 Å². The molecule has 0 spiro atoms. The highest BCUT2D eigenvalue weighted by molar-refractivity contribution is 7.89. The van der Waals surface area contributed by atoms with E-state index in [0.717, 1.165) is 62.3 Å². The van der Waals surface area contributed by atoms with Gasteiger partial charge in [0.25, 0.3) is 0 Å². The van der Waals surface area contributed by atoms with Gasteiger partial charge in [0.05, 0.1) is 19.1 Å². The summed E-state index contributed by atoms with van der Waals surface area (Å²) in [5.74, 6) is 1.73. The van der Waals surface area contributed by atoms with Gasteiger partial charge in [-0.1, -0.05) is 24.6 Å². The molecule has 1 heterocycles. The fourth-order valence-corrected chi connectivity index (χ4v) is 6.89. The molecule has 1 aliphatic carbocycles. The zero-order chi connectivity index (χ0) is 23.6. The maximum absolute atomic E-state index is 13.0. The lowest BCUT2D eigenvalue weighted by molar-refractivity contribution is 0.180. The Morgan fingerprint density at radius 3 is 2.47 bits per heavy atom. The third kappa shape index (κ3) is 5.08. The van der Waals surface area contributed by atoms with Gasteiger partial charge in [-0.15, -0.1) is 12.4 Å². The van der Waals surface area contributed by atoms with Gasteiger partial charge in [0.1, 0.15) is 0 Å². The Morgan fingerprint density at radius 1 is 1.09 bits per heavy atom. The summed E-state index contributed by atoms with van der Waals surface area (Å²) in [5.41, 5.74) is 5.20. The van der Waals surface area contributed by atoms with Gasteiger partial charge in [-0.05, 0) is 74.9 Å². The zero-order valence-electron chi connectivity index (χ0n) is 20.7. The van der Waals surface area contributed by atoms with Crippen LogP contribution >= 0.6 is 12.4 Å². The second kappa shape index (κ2) is 11.3.